The van der Waals surface area contributed by atoms with Crippen molar-refractivity contribution in [3.05, 3.63) is 54.4 Å². The Balaban J connectivity index is 1.64. The lowest BCUT2D eigenvalue weighted by molar-refractivity contribution is -0.181. The number of pyridine rings is 1. The van der Waals surface area contributed by atoms with Crippen LogP contribution in [0.1, 0.15) is 24.8 Å². The first-order chi connectivity index (χ1) is 14.6. The van der Waals surface area contributed by atoms with Gasteiger partial charge < -0.3 is 10.6 Å². The number of hydrogen-bond acceptors (Lipinski definition) is 4. The summed E-state index contributed by atoms with van der Waals surface area (Å²) < 4.78 is 65.1. The van der Waals surface area contributed by atoms with Gasteiger partial charge in [-0.25, -0.2) is 13.2 Å². The topological polar surface area (TPSA) is 88.2 Å². The number of halogens is 4. The van der Waals surface area contributed by atoms with Crippen LogP contribution in [0.15, 0.2) is 53.7 Å². The van der Waals surface area contributed by atoms with Crippen molar-refractivity contribution in [1.29, 1.82) is 0 Å². The summed E-state index contributed by atoms with van der Waals surface area (Å²) in [5, 5.41) is 2.99. The van der Waals surface area contributed by atoms with Crippen LogP contribution in [0.5, 0.6) is 0 Å². The highest BCUT2D eigenvalue weighted by atomic mass is 35.5. The van der Waals surface area contributed by atoms with E-state index in [1.165, 1.54) is 24.3 Å². The van der Waals surface area contributed by atoms with E-state index in [9.17, 15) is 26.4 Å². The molecule has 6 nitrogen and oxygen atoms in total. The summed E-state index contributed by atoms with van der Waals surface area (Å²) in [5.41, 5.74) is 1.14. The molecule has 0 saturated heterocycles. The van der Waals surface area contributed by atoms with Crippen LogP contribution < -0.4 is 10.6 Å². The number of urea groups is 1. The number of rotatable bonds is 5. The molecule has 0 radical (unpaired) electrons. The molecule has 2 N–H and O–H groups in total. The second-order valence-corrected chi connectivity index (χ2v) is 10.1. The van der Waals surface area contributed by atoms with Crippen molar-refractivity contribution in [3.63, 3.8) is 0 Å². The van der Waals surface area contributed by atoms with Crippen LogP contribution in [0.25, 0.3) is 0 Å². The second-order valence-electron chi connectivity index (χ2n) is 7.34. The molecular formula is C20H21ClF3N3O3S. The molecule has 1 aromatic heterocycles. The summed E-state index contributed by atoms with van der Waals surface area (Å²) >= 11 is 6.10. The van der Waals surface area contributed by atoms with Crippen molar-refractivity contribution < 1.29 is 26.4 Å². The number of hydrogen-bond donors (Lipinski definition) is 2. The predicted molar refractivity (Wildman–Crippen MR) is 111 cm³/mol. The Morgan fingerprint density at radius 2 is 1.87 bits per heavy atom. The van der Waals surface area contributed by atoms with Gasteiger partial charge in [-0.1, -0.05) is 6.07 Å². The molecule has 0 aliphatic heterocycles. The highest BCUT2D eigenvalue weighted by Gasteiger charge is 2.48. The van der Waals surface area contributed by atoms with Gasteiger partial charge in [-0.05, 0) is 55.2 Å². The van der Waals surface area contributed by atoms with Crippen LogP contribution >= 0.6 is 11.6 Å². The van der Waals surface area contributed by atoms with Crippen molar-refractivity contribution in [3.8, 4) is 0 Å². The Hall–Kier alpha value is -2.33. The first kappa shape index (κ1) is 23.3. The summed E-state index contributed by atoms with van der Waals surface area (Å²) in [5.74, 6) is -1.69. The van der Waals surface area contributed by atoms with E-state index >= 15 is 0 Å². The number of aromatic nitrogens is 1. The number of nitrogens with zero attached hydrogens (tertiary/aromatic N) is 1. The summed E-state index contributed by atoms with van der Waals surface area (Å²) in [6.07, 6.45) is -1.99. The Labute approximate surface area is 183 Å². The number of carbonyl (C=O) groups is 1. The van der Waals surface area contributed by atoms with E-state index in [0.717, 1.165) is 5.56 Å². The van der Waals surface area contributed by atoms with Gasteiger partial charge in [0.15, 0.2) is 9.84 Å². The van der Waals surface area contributed by atoms with Gasteiger partial charge in [0.05, 0.1) is 21.4 Å². The lowest BCUT2D eigenvalue weighted by Gasteiger charge is -2.33. The van der Waals surface area contributed by atoms with Gasteiger partial charge in [-0.2, -0.15) is 13.2 Å². The monoisotopic (exact) mass is 475 g/mol. The van der Waals surface area contributed by atoms with Crippen molar-refractivity contribution >= 4 is 33.2 Å². The standard InChI is InChI=1S/C20H21ClF3N3O3S/c21-17-8-3-14(20(22,23)24)10-18(17)31(29,30)16-6-4-15(5-7-16)27-19(28)26-12-13-2-1-9-25-11-13/h1-2,4-7,9,11,14,17-18H,3,8,10,12H2,(H2,26,27,28). The fraction of sp³-hybridized carbons (Fsp3) is 0.400. The van der Waals surface area contributed by atoms with E-state index in [0.29, 0.717) is 5.69 Å². The van der Waals surface area contributed by atoms with Crippen LogP contribution in [-0.4, -0.2) is 36.2 Å². The van der Waals surface area contributed by atoms with Crippen LogP contribution in [0.3, 0.4) is 0 Å². The zero-order valence-corrected chi connectivity index (χ0v) is 17.8. The Bertz CT molecular complexity index is 1000. The van der Waals surface area contributed by atoms with Crippen LogP contribution in [0.4, 0.5) is 23.7 Å². The molecule has 2 amide bonds. The lowest BCUT2D eigenvalue weighted by atomic mass is 9.88. The maximum atomic E-state index is 13.1. The first-order valence-electron chi connectivity index (χ1n) is 9.56. The summed E-state index contributed by atoms with van der Waals surface area (Å²) in [7, 11) is -4.06. The van der Waals surface area contributed by atoms with E-state index in [1.807, 2.05) is 0 Å². The summed E-state index contributed by atoms with van der Waals surface area (Å²) in [6.45, 7) is 0.255. The molecule has 3 rings (SSSR count). The fourth-order valence-corrected chi connectivity index (χ4v) is 5.98. The molecule has 2 aromatic rings. The molecule has 31 heavy (non-hydrogen) atoms. The second kappa shape index (κ2) is 9.44. The first-order valence-corrected chi connectivity index (χ1v) is 11.5. The smallest absolute Gasteiger partial charge is 0.334 e. The number of benzene rings is 1. The molecule has 0 spiro atoms. The molecular weight excluding hydrogens is 455 g/mol. The van der Waals surface area contributed by atoms with Gasteiger partial charge in [0.2, 0.25) is 0 Å². The number of alkyl halides is 4. The zero-order valence-electron chi connectivity index (χ0n) is 16.3. The number of nitrogens with one attached hydrogen (secondary N) is 2. The highest BCUT2D eigenvalue weighted by molar-refractivity contribution is 7.92. The molecule has 11 heteroatoms. The summed E-state index contributed by atoms with van der Waals surface area (Å²) in [6, 6.07) is 8.31. The molecule has 1 heterocycles. The predicted octanol–water partition coefficient (Wildman–Crippen LogP) is 4.52. The van der Waals surface area contributed by atoms with Gasteiger partial charge in [-0.15, -0.1) is 11.6 Å². The van der Waals surface area contributed by atoms with Crippen molar-refractivity contribution in [1.82, 2.24) is 10.3 Å². The number of amides is 2. The SMILES string of the molecule is O=C(NCc1cccnc1)Nc1ccc(S(=O)(=O)C2CC(C(F)(F)F)CCC2Cl)cc1. The minimum atomic E-state index is -4.46. The van der Waals surface area contributed by atoms with Gasteiger partial charge in [0.1, 0.15) is 0 Å². The van der Waals surface area contributed by atoms with Crippen molar-refractivity contribution in [2.24, 2.45) is 5.92 Å². The molecule has 3 atom stereocenters. The van der Waals surface area contributed by atoms with E-state index < -0.39 is 45.0 Å². The number of sulfone groups is 1. The van der Waals surface area contributed by atoms with Crippen LogP contribution in [-0.2, 0) is 16.4 Å². The molecule has 1 aliphatic carbocycles. The zero-order chi connectivity index (χ0) is 22.6. The average molecular weight is 476 g/mol. The Kier molecular flexibility index (Phi) is 7.10. The third-order valence-electron chi connectivity index (χ3n) is 5.19. The average Bonchev–Trinajstić information content (AvgIpc) is 2.73. The number of carbonyl (C=O) groups excluding carboxylic acids is 1. The largest absolute Gasteiger partial charge is 0.391 e. The maximum Gasteiger partial charge on any atom is 0.391 e. The van der Waals surface area contributed by atoms with Gasteiger partial charge in [0.25, 0.3) is 0 Å². The van der Waals surface area contributed by atoms with Gasteiger partial charge >= 0.3 is 12.2 Å². The molecule has 1 aliphatic rings. The highest BCUT2D eigenvalue weighted by Crippen LogP contribution is 2.42. The summed E-state index contributed by atoms with van der Waals surface area (Å²) in [4.78, 5) is 15.8. The Morgan fingerprint density at radius 1 is 1.16 bits per heavy atom. The third kappa shape index (κ3) is 5.88. The van der Waals surface area contributed by atoms with E-state index in [1.54, 1.807) is 24.5 Å². The molecule has 168 valence electrons. The molecule has 0 bridgehead atoms. The molecule has 3 unspecified atom stereocenters. The van der Waals surface area contributed by atoms with Gasteiger partial charge in [-0.3, -0.25) is 4.98 Å². The van der Waals surface area contributed by atoms with E-state index in [-0.39, 0.29) is 24.3 Å². The number of anilines is 1. The fourth-order valence-electron chi connectivity index (χ4n) is 3.47. The van der Waals surface area contributed by atoms with Crippen LogP contribution in [0.2, 0.25) is 0 Å². The normalized spacial score (nSPS) is 22.0. The lowest BCUT2D eigenvalue weighted by Crippen LogP contribution is -2.41. The van der Waals surface area contributed by atoms with E-state index in [2.05, 4.69) is 15.6 Å². The molecule has 1 aromatic carbocycles. The minimum absolute atomic E-state index is 0.0215. The maximum absolute atomic E-state index is 13.1. The van der Waals surface area contributed by atoms with E-state index in [4.69, 9.17) is 11.6 Å². The van der Waals surface area contributed by atoms with Crippen molar-refractivity contribution in [2.45, 2.75) is 47.5 Å². The third-order valence-corrected chi connectivity index (χ3v) is 8.11. The van der Waals surface area contributed by atoms with Crippen LogP contribution in [0, 0.1) is 5.92 Å². The molecule has 1 fully saturated rings. The minimum Gasteiger partial charge on any atom is -0.334 e. The molecule has 1 saturated carbocycles. The Morgan fingerprint density at radius 3 is 2.48 bits per heavy atom. The van der Waals surface area contributed by atoms with Gasteiger partial charge in [0, 0.05) is 24.6 Å². The quantitative estimate of drug-likeness (QED) is 0.622. The van der Waals surface area contributed by atoms with Crippen molar-refractivity contribution in [2.75, 3.05) is 5.32 Å².